The highest BCUT2D eigenvalue weighted by Crippen LogP contribution is 2.50. The van der Waals surface area contributed by atoms with Gasteiger partial charge in [0.25, 0.3) is 5.91 Å². The fraction of sp³-hybridized carbons (Fsp3) is 0.400. The van der Waals surface area contributed by atoms with Crippen molar-refractivity contribution in [2.75, 3.05) is 48.3 Å². The number of ether oxygens (including phenoxy) is 2. The molecule has 4 amide bonds. The summed E-state index contributed by atoms with van der Waals surface area (Å²) in [6, 6.07) is 29.2. The van der Waals surface area contributed by atoms with Crippen molar-refractivity contribution in [3.8, 4) is 16.9 Å². The van der Waals surface area contributed by atoms with Crippen LogP contribution in [0.2, 0.25) is 0 Å². The molecule has 7 aromatic rings. The fourth-order valence-electron chi connectivity index (χ4n) is 12.0. The quantitative estimate of drug-likeness (QED) is 0.0733. The Labute approximate surface area is 451 Å². The van der Waals surface area contributed by atoms with Crippen LogP contribution in [0.3, 0.4) is 0 Å². The first-order valence-corrected chi connectivity index (χ1v) is 27.7. The number of nitrogens with zero attached hydrogens (tertiary/aromatic N) is 6. The summed E-state index contributed by atoms with van der Waals surface area (Å²) < 4.78 is 15.3. The minimum absolute atomic E-state index is 0.0630. The van der Waals surface area contributed by atoms with E-state index in [2.05, 4.69) is 41.9 Å². The van der Waals surface area contributed by atoms with Gasteiger partial charge < -0.3 is 19.7 Å². The molecule has 0 bridgehead atoms. The van der Waals surface area contributed by atoms with Crippen molar-refractivity contribution < 1.29 is 33.4 Å². The molecule has 11 rings (SSSR count). The summed E-state index contributed by atoms with van der Waals surface area (Å²) in [5.74, 6) is 0.0782. The normalized spacial score (nSPS) is 18.6. The molecule has 2 saturated heterocycles. The van der Waals surface area contributed by atoms with Gasteiger partial charge in [-0.1, -0.05) is 47.7 Å². The number of rotatable bonds is 13. The highest BCUT2D eigenvalue weighted by atomic mass is 32.1. The zero-order chi connectivity index (χ0) is 53.6. The van der Waals surface area contributed by atoms with Gasteiger partial charge in [0.2, 0.25) is 17.7 Å². The average molecular weight is 1060 g/mol. The number of nitrogens with one attached hydrogen (secondary N) is 3. The van der Waals surface area contributed by atoms with Gasteiger partial charge in [0, 0.05) is 48.8 Å². The van der Waals surface area contributed by atoms with Gasteiger partial charge in [0.05, 0.1) is 40.5 Å². The lowest BCUT2D eigenvalue weighted by Gasteiger charge is -2.39. The van der Waals surface area contributed by atoms with Crippen molar-refractivity contribution in [3.05, 3.63) is 125 Å². The lowest BCUT2D eigenvalue weighted by molar-refractivity contribution is -0.134. The predicted octanol–water partition coefficient (Wildman–Crippen LogP) is 10.1. The maximum atomic E-state index is 14.1. The smallest absolute Gasteiger partial charge is 0.358 e. The molecule has 1 spiro atoms. The van der Waals surface area contributed by atoms with E-state index in [1.165, 1.54) is 17.8 Å². The van der Waals surface area contributed by atoms with Gasteiger partial charge in [-0.25, -0.2) is 14.8 Å². The Hall–Kier alpha value is -7.50. The van der Waals surface area contributed by atoms with E-state index in [0.29, 0.717) is 78.5 Å². The molecular formula is C60H65N9O7S. The van der Waals surface area contributed by atoms with Crippen molar-refractivity contribution >= 4 is 78.7 Å². The van der Waals surface area contributed by atoms with Crippen LogP contribution < -0.4 is 25.6 Å². The number of para-hydroxylation sites is 1. The zero-order valence-corrected chi connectivity index (χ0v) is 45.2. The van der Waals surface area contributed by atoms with Crippen LogP contribution in [0.25, 0.3) is 32.2 Å². The van der Waals surface area contributed by atoms with E-state index >= 15 is 0 Å². The molecule has 3 fully saturated rings. The van der Waals surface area contributed by atoms with Crippen LogP contribution >= 0.6 is 11.3 Å². The second-order valence-electron chi connectivity index (χ2n) is 22.4. The van der Waals surface area contributed by atoms with E-state index in [1.54, 1.807) is 4.68 Å². The molecular weight excluding hydrogens is 991 g/mol. The number of aryl methyl sites for hydroxylation is 1. The molecule has 17 heteroatoms. The molecule has 77 heavy (non-hydrogen) atoms. The molecule has 3 aromatic heterocycles. The van der Waals surface area contributed by atoms with Gasteiger partial charge in [0.15, 0.2) is 10.8 Å². The van der Waals surface area contributed by atoms with Gasteiger partial charge in [-0.15, -0.1) is 0 Å². The van der Waals surface area contributed by atoms with Gasteiger partial charge in [-0.3, -0.25) is 39.4 Å². The van der Waals surface area contributed by atoms with Gasteiger partial charge in [-0.2, -0.15) is 5.10 Å². The number of piperidine rings is 2. The van der Waals surface area contributed by atoms with E-state index in [9.17, 15) is 24.0 Å². The SMILES string of the molecule is Cc1c(OCC[C@H]2CCC3(CCN(CC(=O)Nc4ccc5c(C6CCC(=O)NC6=O)nn(C)c5c4)CC3)C2)cccc1-c1ccc(N2CCc3cccc(C(=O)Nc4nc5ccccc5s4)c3C2)nc1C(=O)OC(C)(C)C. The number of amides is 4. The topological polar surface area (TPSA) is 190 Å². The van der Waals surface area contributed by atoms with Crippen molar-refractivity contribution in [1.29, 1.82) is 0 Å². The van der Waals surface area contributed by atoms with Crippen LogP contribution in [0.1, 0.15) is 121 Å². The van der Waals surface area contributed by atoms with Crippen LogP contribution in [0.4, 0.5) is 16.6 Å². The molecule has 6 heterocycles. The monoisotopic (exact) mass is 1060 g/mol. The molecule has 4 aromatic carbocycles. The molecule has 3 N–H and O–H groups in total. The third-order valence-electron chi connectivity index (χ3n) is 16.0. The highest BCUT2D eigenvalue weighted by Gasteiger charge is 2.41. The molecule has 0 radical (unpaired) electrons. The second kappa shape index (κ2) is 21.1. The first-order valence-electron chi connectivity index (χ1n) is 26.9. The molecule has 16 nitrogen and oxygen atoms in total. The number of hydrogen-bond donors (Lipinski definition) is 3. The number of thiazole rings is 1. The predicted molar refractivity (Wildman–Crippen MR) is 298 cm³/mol. The minimum Gasteiger partial charge on any atom is -0.493 e. The van der Waals surface area contributed by atoms with Crippen LogP contribution in [0, 0.1) is 18.3 Å². The molecule has 1 saturated carbocycles. The number of fused-ring (bicyclic) bond motifs is 3. The maximum absolute atomic E-state index is 14.1. The molecule has 398 valence electrons. The lowest BCUT2D eigenvalue weighted by atomic mass is 9.76. The van der Waals surface area contributed by atoms with Gasteiger partial charge >= 0.3 is 5.97 Å². The summed E-state index contributed by atoms with van der Waals surface area (Å²) in [7, 11) is 1.82. The van der Waals surface area contributed by atoms with E-state index in [-0.39, 0.29) is 41.2 Å². The average Bonchev–Trinajstić information content (AvgIpc) is 4.11. The largest absolute Gasteiger partial charge is 0.493 e. The summed E-state index contributed by atoms with van der Waals surface area (Å²) in [6.45, 7) is 11.3. The number of esters is 1. The lowest BCUT2D eigenvalue weighted by Crippen LogP contribution is -2.42. The molecule has 1 aliphatic carbocycles. The Bertz CT molecular complexity index is 3430. The number of carbonyl (C=O) groups excluding carboxylic acids is 5. The number of carbonyl (C=O) groups is 5. The summed E-state index contributed by atoms with van der Waals surface area (Å²) in [6.07, 6.45) is 7.96. The third-order valence-corrected chi connectivity index (χ3v) is 17.0. The Kier molecular flexibility index (Phi) is 14.2. The summed E-state index contributed by atoms with van der Waals surface area (Å²) in [5, 5.41) is 14.6. The Morgan fingerprint density at radius 1 is 0.870 bits per heavy atom. The molecule has 1 unspecified atom stereocenters. The first-order chi connectivity index (χ1) is 37.0. The summed E-state index contributed by atoms with van der Waals surface area (Å²) >= 11 is 1.45. The van der Waals surface area contributed by atoms with E-state index in [4.69, 9.17) is 14.5 Å². The summed E-state index contributed by atoms with van der Waals surface area (Å²) in [5.41, 5.74) is 7.75. The molecule has 2 atom stereocenters. The Balaban J connectivity index is 0.700. The van der Waals surface area contributed by atoms with Crippen LogP contribution in [-0.4, -0.2) is 92.6 Å². The first kappa shape index (κ1) is 51.6. The summed E-state index contributed by atoms with van der Waals surface area (Å²) in [4.78, 5) is 79.6. The van der Waals surface area contributed by atoms with Crippen LogP contribution in [-0.2, 0) is 39.1 Å². The Morgan fingerprint density at radius 3 is 2.49 bits per heavy atom. The molecule has 4 aliphatic rings. The number of likely N-dealkylation sites (tertiary alicyclic amines) is 1. The fourth-order valence-corrected chi connectivity index (χ4v) is 12.9. The number of pyridine rings is 1. The maximum Gasteiger partial charge on any atom is 0.358 e. The zero-order valence-electron chi connectivity index (χ0n) is 44.4. The Morgan fingerprint density at radius 2 is 1.69 bits per heavy atom. The van der Waals surface area contributed by atoms with Crippen LogP contribution in [0.5, 0.6) is 5.75 Å². The van der Waals surface area contributed by atoms with E-state index < -0.39 is 17.5 Å². The number of hydrogen-bond acceptors (Lipinski definition) is 13. The van der Waals surface area contributed by atoms with Crippen LogP contribution in [0.15, 0.2) is 91.0 Å². The van der Waals surface area contributed by atoms with Crippen molar-refractivity contribution in [3.63, 3.8) is 0 Å². The number of imide groups is 1. The number of benzene rings is 4. The van der Waals surface area contributed by atoms with Crippen molar-refractivity contribution in [2.45, 2.75) is 104 Å². The van der Waals surface area contributed by atoms with E-state index in [0.717, 1.165) is 94.3 Å². The van der Waals surface area contributed by atoms with Crippen molar-refractivity contribution in [2.24, 2.45) is 18.4 Å². The van der Waals surface area contributed by atoms with Gasteiger partial charge in [0.1, 0.15) is 17.2 Å². The molecule has 3 aliphatic heterocycles. The number of aromatic nitrogens is 4. The highest BCUT2D eigenvalue weighted by molar-refractivity contribution is 7.22. The number of anilines is 3. The van der Waals surface area contributed by atoms with E-state index in [1.807, 2.05) is 120 Å². The second-order valence-corrected chi connectivity index (χ2v) is 23.4. The van der Waals surface area contributed by atoms with Gasteiger partial charge in [-0.05, 0) is 180 Å². The standard InChI is InChI=1S/C60H65N9O7S/c1-36-40(41-18-20-50(63-54(41)57(74)76-59(2,3)4)69-28-23-38-10-8-12-42(45(38)34-69)55(72)65-58-62-46-13-6-7-15-49(46)77-58)11-9-14-48(36)75-31-24-37-22-25-60(33-37)26-29-68(30-27-60)35-52(71)61-39-16-17-43-47(32-39)67(5)66-53(43)44-19-21-51(70)64-56(44)73/h6-18,20,32,37,44H,19,21-31,33-35H2,1-5H3,(H,61,71)(H,62,65,72)(H,64,70,73)/t37-,44?/m1/s1. The van der Waals surface area contributed by atoms with Crippen molar-refractivity contribution in [1.82, 2.24) is 30.0 Å². The third kappa shape index (κ3) is 11.1. The minimum atomic E-state index is -0.748.